The molecule has 7 aromatic carbocycles. The summed E-state index contributed by atoms with van der Waals surface area (Å²) in [5.74, 6) is 0. The Balaban J connectivity index is 0.969. The van der Waals surface area contributed by atoms with E-state index in [1.165, 1.54) is 0 Å². The maximum Gasteiger partial charge on any atom is 0.227 e. The fraction of sp³-hybridized carbons (Fsp3) is 0. The number of rotatable bonds is 6. The van der Waals surface area contributed by atoms with Gasteiger partial charge in [0.2, 0.25) is 5.71 Å². The Hall–Kier alpha value is -7.63. The molecule has 5 heteroatoms. The van der Waals surface area contributed by atoms with E-state index in [9.17, 15) is 0 Å². The van der Waals surface area contributed by atoms with Gasteiger partial charge in [-0.2, -0.15) is 0 Å². The highest BCUT2D eigenvalue weighted by Crippen LogP contribution is 2.39. The highest BCUT2D eigenvalue weighted by atomic mass is 16.3. The lowest BCUT2D eigenvalue weighted by molar-refractivity contribution is 0.654. The van der Waals surface area contributed by atoms with E-state index in [0.717, 1.165) is 99.5 Å². The predicted octanol–water partition coefficient (Wildman–Crippen LogP) is 13.7. The van der Waals surface area contributed by atoms with Gasteiger partial charge in [-0.3, -0.25) is 9.97 Å². The molecule has 0 N–H and O–H groups in total. The van der Waals surface area contributed by atoms with Crippen LogP contribution in [0.15, 0.2) is 199 Å². The van der Waals surface area contributed by atoms with Crippen LogP contribution in [-0.2, 0) is 0 Å². The fourth-order valence-electron chi connectivity index (χ4n) is 7.86. The molecule has 0 bridgehead atoms. The second-order valence-corrected chi connectivity index (χ2v) is 14.1. The maximum absolute atomic E-state index is 6.11. The van der Waals surface area contributed by atoms with Crippen LogP contribution in [0.25, 0.3) is 88.2 Å². The number of benzene rings is 7. The van der Waals surface area contributed by atoms with Crippen LogP contribution in [0.4, 0.5) is 17.1 Å². The SMILES string of the molecule is c1cnc2ccc(-c3ccc(N(c4ccc(-c5ccc6ncccc6c5)cc4)c4ccc5cc(-c6ccc7c(n6)oc6ccccc67)ccc5c4)cc3)cc2c1. The first kappa shape index (κ1) is 31.9. The van der Waals surface area contributed by atoms with Crippen LogP contribution in [0.3, 0.4) is 0 Å². The molecule has 0 unspecified atom stereocenters. The summed E-state index contributed by atoms with van der Waals surface area (Å²) in [6.45, 7) is 0. The third-order valence-corrected chi connectivity index (χ3v) is 10.7. The smallest absolute Gasteiger partial charge is 0.227 e. The summed E-state index contributed by atoms with van der Waals surface area (Å²) in [7, 11) is 0. The van der Waals surface area contributed by atoms with Crippen LogP contribution in [0, 0.1) is 0 Å². The van der Waals surface area contributed by atoms with Crippen molar-refractivity contribution in [3.05, 3.63) is 194 Å². The highest BCUT2D eigenvalue weighted by Gasteiger charge is 2.16. The van der Waals surface area contributed by atoms with E-state index in [1.54, 1.807) is 0 Å². The minimum Gasteiger partial charge on any atom is -0.438 e. The van der Waals surface area contributed by atoms with E-state index in [-0.39, 0.29) is 0 Å². The minimum absolute atomic E-state index is 0.655. The quantitative estimate of drug-likeness (QED) is 0.171. The number of hydrogen-bond donors (Lipinski definition) is 0. The Kier molecular flexibility index (Phi) is 7.42. The molecule has 4 heterocycles. The number of nitrogens with zero attached hydrogens (tertiary/aromatic N) is 4. The molecule has 0 aliphatic carbocycles. The van der Waals surface area contributed by atoms with E-state index >= 15 is 0 Å². The summed E-state index contributed by atoms with van der Waals surface area (Å²) >= 11 is 0. The van der Waals surface area contributed by atoms with Crippen molar-refractivity contribution in [2.75, 3.05) is 4.90 Å². The second kappa shape index (κ2) is 13.0. The van der Waals surface area contributed by atoms with Crippen molar-refractivity contribution in [2.24, 2.45) is 0 Å². The standard InChI is InChI=1S/C51H32N4O/c1-2-8-50-45(7-1)46-23-26-49(54-51(46)56-50)41-10-9-38-32-44(22-15-37(38)31-41)55(42-18-11-33(12-19-42)35-16-24-47-39(29-35)5-3-27-52-47)43-20-13-34(14-21-43)36-17-25-48-40(30-36)6-4-28-53-48/h1-32H. The van der Waals surface area contributed by atoms with Gasteiger partial charge in [0.25, 0.3) is 0 Å². The lowest BCUT2D eigenvalue weighted by Crippen LogP contribution is -2.09. The molecule has 56 heavy (non-hydrogen) atoms. The van der Waals surface area contributed by atoms with Gasteiger partial charge in [0.15, 0.2) is 0 Å². The Bertz CT molecular complexity index is 3140. The van der Waals surface area contributed by atoms with Crippen molar-refractivity contribution in [1.29, 1.82) is 0 Å². The molecule has 0 saturated heterocycles. The van der Waals surface area contributed by atoms with Crippen LogP contribution in [0.1, 0.15) is 0 Å². The zero-order chi connectivity index (χ0) is 37.0. The monoisotopic (exact) mass is 716 g/mol. The predicted molar refractivity (Wildman–Crippen MR) is 231 cm³/mol. The van der Waals surface area contributed by atoms with E-state index < -0.39 is 0 Å². The Morgan fingerprint density at radius 2 is 0.929 bits per heavy atom. The van der Waals surface area contributed by atoms with Crippen molar-refractivity contribution in [1.82, 2.24) is 15.0 Å². The van der Waals surface area contributed by atoms with Crippen molar-refractivity contribution < 1.29 is 4.42 Å². The number of hydrogen-bond acceptors (Lipinski definition) is 5. The normalized spacial score (nSPS) is 11.6. The highest BCUT2D eigenvalue weighted by molar-refractivity contribution is 6.04. The number of fused-ring (bicyclic) bond motifs is 6. The number of pyridine rings is 3. The number of para-hydroxylation sites is 1. The summed E-state index contributed by atoms with van der Waals surface area (Å²) in [4.78, 5) is 16.3. The maximum atomic E-state index is 6.11. The summed E-state index contributed by atoms with van der Waals surface area (Å²) < 4.78 is 6.11. The first-order valence-corrected chi connectivity index (χ1v) is 18.7. The molecule has 0 saturated carbocycles. The Morgan fingerprint density at radius 1 is 0.375 bits per heavy atom. The van der Waals surface area contributed by atoms with Gasteiger partial charge >= 0.3 is 0 Å². The van der Waals surface area contributed by atoms with Gasteiger partial charge in [-0.15, -0.1) is 0 Å². The average Bonchev–Trinajstić information content (AvgIpc) is 3.64. The molecule has 0 spiro atoms. The third-order valence-electron chi connectivity index (χ3n) is 10.7. The lowest BCUT2D eigenvalue weighted by Gasteiger charge is -2.26. The molecule has 0 amide bonds. The van der Waals surface area contributed by atoms with Crippen LogP contribution in [-0.4, -0.2) is 15.0 Å². The number of furan rings is 1. The van der Waals surface area contributed by atoms with E-state index in [2.05, 4.69) is 167 Å². The largest absolute Gasteiger partial charge is 0.438 e. The van der Waals surface area contributed by atoms with Gasteiger partial charge in [-0.25, -0.2) is 4.98 Å². The van der Waals surface area contributed by atoms with Gasteiger partial charge in [-0.1, -0.05) is 84.9 Å². The Labute approximate surface area is 322 Å². The molecule has 262 valence electrons. The first-order chi connectivity index (χ1) is 27.7. The van der Waals surface area contributed by atoms with Crippen LogP contribution in [0.5, 0.6) is 0 Å². The summed E-state index contributed by atoms with van der Waals surface area (Å²) in [5.41, 5.74) is 13.3. The molecule has 11 aromatic rings. The number of anilines is 3. The van der Waals surface area contributed by atoms with Gasteiger partial charge in [0, 0.05) is 56.6 Å². The van der Waals surface area contributed by atoms with E-state index in [1.807, 2.05) is 42.7 Å². The molecule has 11 rings (SSSR count). The number of aromatic nitrogens is 3. The fourth-order valence-corrected chi connectivity index (χ4v) is 7.86. The lowest BCUT2D eigenvalue weighted by atomic mass is 10.0. The summed E-state index contributed by atoms with van der Waals surface area (Å²) in [6, 6.07) is 64.2. The van der Waals surface area contributed by atoms with Crippen LogP contribution >= 0.6 is 0 Å². The van der Waals surface area contributed by atoms with E-state index in [4.69, 9.17) is 9.40 Å². The molecule has 0 fully saturated rings. The molecule has 4 aromatic heterocycles. The van der Waals surface area contributed by atoms with Crippen molar-refractivity contribution >= 4 is 71.7 Å². The molecule has 0 aliphatic heterocycles. The molecule has 0 aliphatic rings. The first-order valence-electron chi connectivity index (χ1n) is 18.7. The van der Waals surface area contributed by atoms with E-state index in [0.29, 0.717) is 5.71 Å². The molecular formula is C51H32N4O. The Morgan fingerprint density at radius 3 is 1.61 bits per heavy atom. The summed E-state index contributed by atoms with van der Waals surface area (Å²) in [6.07, 6.45) is 3.67. The molecule has 0 radical (unpaired) electrons. The molecule has 0 atom stereocenters. The molecular weight excluding hydrogens is 685 g/mol. The van der Waals surface area contributed by atoms with Gasteiger partial charge in [-0.05, 0) is 130 Å². The second-order valence-electron chi connectivity index (χ2n) is 14.1. The summed E-state index contributed by atoms with van der Waals surface area (Å²) in [5, 5.41) is 6.65. The van der Waals surface area contributed by atoms with Crippen LogP contribution in [0.2, 0.25) is 0 Å². The van der Waals surface area contributed by atoms with Gasteiger partial charge < -0.3 is 9.32 Å². The van der Waals surface area contributed by atoms with Crippen molar-refractivity contribution in [3.8, 4) is 33.5 Å². The molecule has 5 nitrogen and oxygen atoms in total. The minimum atomic E-state index is 0.655. The zero-order valence-electron chi connectivity index (χ0n) is 30.2. The average molecular weight is 717 g/mol. The van der Waals surface area contributed by atoms with Gasteiger partial charge in [0.05, 0.1) is 16.7 Å². The van der Waals surface area contributed by atoms with Gasteiger partial charge in [0.1, 0.15) is 5.58 Å². The topological polar surface area (TPSA) is 55.1 Å². The van der Waals surface area contributed by atoms with Crippen molar-refractivity contribution in [2.45, 2.75) is 0 Å². The third kappa shape index (κ3) is 5.62. The van der Waals surface area contributed by atoms with Crippen molar-refractivity contribution in [3.63, 3.8) is 0 Å². The zero-order valence-corrected chi connectivity index (χ0v) is 30.2. The van der Waals surface area contributed by atoms with Crippen LogP contribution < -0.4 is 4.90 Å².